The maximum absolute atomic E-state index is 13.1. The number of halogens is 1. The van der Waals surface area contributed by atoms with Crippen molar-refractivity contribution in [3.05, 3.63) is 29.3 Å². The summed E-state index contributed by atoms with van der Waals surface area (Å²) in [7, 11) is 0. The summed E-state index contributed by atoms with van der Waals surface area (Å²) >= 11 is 0. The van der Waals surface area contributed by atoms with Crippen molar-refractivity contribution < 1.29 is 14.4 Å². The second-order valence-corrected chi connectivity index (χ2v) is 9.57. The predicted molar refractivity (Wildman–Crippen MR) is 127 cm³/mol. The average Bonchev–Trinajstić information content (AvgIpc) is 3.08. The van der Waals surface area contributed by atoms with Crippen LogP contribution in [0.2, 0.25) is 0 Å². The number of piperidine rings is 1. The monoisotopic (exact) mass is 462 g/mol. The number of unbranched alkanes of at least 4 members (excludes halogenated alkanes) is 1. The Morgan fingerprint density at radius 3 is 2.59 bits per heavy atom. The SMILES string of the molecule is CC1CCC(CCCCN)(Nc2cccc3c2CN(C2CCC(=O)NC2=O)C3=O)CC1.Cl. The Balaban J connectivity index is 0.00000289. The average molecular weight is 463 g/mol. The Kier molecular flexibility index (Phi) is 7.83. The lowest BCUT2D eigenvalue weighted by molar-refractivity contribution is -0.136. The standard InChI is InChI=1S/C24H34N4O3.ClH/c1-16-9-12-24(13-10-16,11-2-3-14-25)27-19-6-4-5-17-18(19)15-28(23(17)31)20-7-8-21(29)26-22(20)30;/h4-6,16,20,27H,2-3,7-15,25H2,1H3,(H,26,29,30);1H. The van der Waals surface area contributed by atoms with Crippen molar-refractivity contribution >= 4 is 35.8 Å². The number of hydrogen-bond donors (Lipinski definition) is 3. The van der Waals surface area contributed by atoms with Crippen molar-refractivity contribution in [1.29, 1.82) is 0 Å². The highest BCUT2D eigenvalue weighted by Crippen LogP contribution is 2.40. The molecule has 1 unspecified atom stereocenters. The molecular formula is C24H35ClN4O3. The number of benzene rings is 1. The number of rotatable bonds is 7. The van der Waals surface area contributed by atoms with E-state index in [-0.39, 0.29) is 42.1 Å². The Morgan fingerprint density at radius 2 is 1.91 bits per heavy atom. The minimum Gasteiger partial charge on any atom is -0.379 e. The molecule has 0 radical (unpaired) electrons. The number of nitrogens with zero attached hydrogens (tertiary/aromatic N) is 1. The van der Waals surface area contributed by atoms with Crippen LogP contribution in [0.25, 0.3) is 0 Å². The minimum absolute atomic E-state index is 0. The number of carbonyl (C=O) groups excluding carboxylic acids is 3. The Hall–Kier alpha value is -2.12. The van der Waals surface area contributed by atoms with Gasteiger partial charge in [0.15, 0.2) is 0 Å². The Labute approximate surface area is 196 Å². The van der Waals surface area contributed by atoms with Crippen molar-refractivity contribution in [2.45, 2.75) is 82.8 Å². The topological polar surface area (TPSA) is 105 Å². The molecule has 1 saturated heterocycles. The number of hydrogen-bond acceptors (Lipinski definition) is 5. The van der Waals surface area contributed by atoms with E-state index < -0.39 is 6.04 Å². The van der Waals surface area contributed by atoms with Crippen molar-refractivity contribution in [1.82, 2.24) is 10.2 Å². The zero-order valence-corrected chi connectivity index (χ0v) is 19.6. The van der Waals surface area contributed by atoms with Crippen LogP contribution in [0.4, 0.5) is 5.69 Å². The van der Waals surface area contributed by atoms with Crippen molar-refractivity contribution in [3.63, 3.8) is 0 Å². The quantitative estimate of drug-likeness (QED) is 0.425. The molecule has 176 valence electrons. The van der Waals surface area contributed by atoms with E-state index in [1.54, 1.807) is 4.90 Å². The number of nitrogens with one attached hydrogen (secondary N) is 2. The number of fused-ring (bicyclic) bond motifs is 1. The van der Waals surface area contributed by atoms with Gasteiger partial charge in [0.25, 0.3) is 5.91 Å². The van der Waals surface area contributed by atoms with E-state index >= 15 is 0 Å². The van der Waals surface area contributed by atoms with Crippen molar-refractivity contribution in [2.75, 3.05) is 11.9 Å². The molecule has 2 fully saturated rings. The summed E-state index contributed by atoms with van der Waals surface area (Å²) in [6.45, 7) is 3.43. The molecule has 3 aliphatic rings. The first-order valence-corrected chi connectivity index (χ1v) is 11.7. The van der Waals surface area contributed by atoms with Crippen LogP contribution in [0.15, 0.2) is 18.2 Å². The normalized spacial score (nSPS) is 27.6. The third kappa shape index (κ3) is 4.94. The summed E-state index contributed by atoms with van der Waals surface area (Å²) in [6, 6.07) is 5.24. The molecule has 3 amide bonds. The van der Waals surface area contributed by atoms with Gasteiger partial charge < -0.3 is 16.0 Å². The summed E-state index contributed by atoms with van der Waals surface area (Å²) in [5.41, 5.74) is 8.40. The minimum atomic E-state index is -0.584. The smallest absolute Gasteiger partial charge is 0.255 e. The molecule has 0 aromatic heterocycles. The number of anilines is 1. The van der Waals surface area contributed by atoms with Gasteiger partial charge in [-0.15, -0.1) is 12.4 Å². The zero-order valence-electron chi connectivity index (χ0n) is 18.8. The van der Waals surface area contributed by atoms with E-state index in [2.05, 4.69) is 23.6 Å². The molecule has 7 nitrogen and oxygen atoms in total. The third-order valence-electron chi connectivity index (χ3n) is 7.32. The lowest BCUT2D eigenvalue weighted by Crippen LogP contribution is -2.52. The van der Waals surface area contributed by atoms with Crippen LogP contribution in [0.3, 0.4) is 0 Å². The highest BCUT2D eigenvalue weighted by molar-refractivity contribution is 6.06. The van der Waals surface area contributed by atoms with E-state index in [0.717, 1.165) is 49.3 Å². The fourth-order valence-corrected chi connectivity index (χ4v) is 5.35. The first kappa shape index (κ1) is 24.5. The molecule has 0 spiro atoms. The predicted octanol–water partition coefficient (Wildman–Crippen LogP) is 3.36. The van der Waals surface area contributed by atoms with Gasteiger partial charge in [-0.2, -0.15) is 0 Å². The highest BCUT2D eigenvalue weighted by atomic mass is 35.5. The van der Waals surface area contributed by atoms with Gasteiger partial charge in [-0.1, -0.05) is 13.0 Å². The molecule has 4 N–H and O–H groups in total. The van der Waals surface area contributed by atoms with Gasteiger partial charge in [0.1, 0.15) is 6.04 Å². The molecule has 0 bridgehead atoms. The number of nitrogens with two attached hydrogens (primary N) is 1. The van der Waals surface area contributed by atoms with Crippen LogP contribution in [0, 0.1) is 5.92 Å². The number of carbonyl (C=O) groups is 3. The van der Waals surface area contributed by atoms with Gasteiger partial charge in [-0.25, -0.2) is 0 Å². The van der Waals surface area contributed by atoms with Crippen molar-refractivity contribution in [3.8, 4) is 0 Å². The fraction of sp³-hybridized carbons (Fsp3) is 0.625. The molecule has 1 saturated carbocycles. The number of imide groups is 1. The van der Waals surface area contributed by atoms with E-state index in [0.29, 0.717) is 25.1 Å². The van der Waals surface area contributed by atoms with Crippen LogP contribution < -0.4 is 16.4 Å². The van der Waals surface area contributed by atoms with Crippen molar-refractivity contribution in [2.24, 2.45) is 11.7 Å². The van der Waals surface area contributed by atoms with E-state index in [1.807, 2.05) is 12.1 Å². The fourth-order valence-electron chi connectivity index (χ4n) is 5.35. The Bertz CT molecular complexity index is 867. The lowest BCUT2D eigenvalue weighted by Gasteiger charge is -2.42. The van der Waals surface area contributed by atoms with Gasteiger partial charge in [-0.05, 0) is 76.0 Å². The van der Waals surface area contributed by atoms with E-state index in [9.17, 15) is 14.4 Å². The molecule has 1 aromatic carbocycles. The second-order valence-electron chi connectivity index (χ2n) is 9.57. The van der Waals surface area contributed by atoms with Gasteiger partial charge in [0.05, 0.1) is 0 Å². The number of amides is 3. The van der Waals surface area contributed by atoms with Crippen LogP contribution >= 0.6 is 12.4 Å². The summed E-state index contributed by atoms with van der Waals surface area (Å²) in [4.78, 5) is 38.6. The first-order valence-electron chi connectivity index (χ1n) is 11.7. The molecule has 32 heavy (non-hydrogen) atoms. The summed E-state index contributed by atoms with van der Waals surface area (Å²) in [5.74, 6) is -0.0109. The largest absolute Gasteiger partial charge is 0.379 e. The lowest BCUT2D eigenvalue weighted by atomic mass is 9.74. The van der Waals surface area contributed by atoms with Crippen LogP contribution in [0.5, 0.6) is 0 Å². The summed E-state index contributed by atoms with van der Waals surface area (Å²) in [6.07, 6.45) is 8.48. The zero-order chi connectivity index (χ0) is 22.0. The van der Waals surface area contributed by atoms with Gasteiger partial charge >= 0.3 is 0 Å². The molecule has 4 rings (SSSR count). The van der Waals surface area contributed by atoms with E-state index in [4.69, 9.17) is 5.73 Å². The van der Waals surface area contributed by atoms with Crippen LogP contribution in [-0.2, 0) is 16.1 Å². The van der Waals surface area contributed by atoms with Crippen LogP contribution in [0.1, 0.15) is 80.6 Å². The molecule has 2 aliphatic heterocycles. The molecule has 1 atom stereocenters. The van der Waals surface area contributed by atoms with E-state index in [1.165, 1.54) is 12.8 Å². The maximum Gasteiger partial charge on any atom is 0.255 e. The second kappa shape index (κ2) is 10.2. The van der Waals surface area contributed by atoms with Gasteiger partial charge in [-0.3, -0.25) is 19.7 Å². The molecule has 8 heteroatoms. The molecule has 1 aromatic rings. The summed E-state index contributed by atoms with van der Waals surface area (Å²) < 4.78 is 0. The first-order chi connectivity index (χ1) is 14.9. The summed E-state index contributed by atoms with van der Waals surface area (Å²) in [5, 5.41) is 6.24. The highest BCUT2D eigenvalue weighted by Gasteiger charge is 2.41. The molecular weight excluding hydrogens is 428 g/mol. The third-order valence-corrected chi connectivity index (χ3v) is 7.32. The van der Waals surface area contributed by atoms with Crippen LogP contribution in [-0.4, -0.2) is 40.7 Å². The van der Waals surface area contributed by atoms with Gasteiger partial charge in [0, 0.05) is 35.3 Å². The molecule has 2 heterocycles. The molecule has 1 aliphatic carbocycles. The maximum atomic E-state index is 13.1. The Morgan fingerprint density at radius 1 is 1.16 bits per heavy atom. The van der Waals surface area contributed by atoms with Gasteiger partial charge in [0.2, 0.25) is 11.8 Å².